The predicted octanol–water partition coefficient (Wildman–Crippen LogP) is -2.23. The van der Waals surface area contributed by atoms with Crippen LogP contribution in [0.1, 0.15) is 0 Å². The first kappa shape index (κ1) is 16.3. The zero-order chi connectivity index (χ0) is 15.3. The Balaban J connectivity index is 2.67. The van der Waals surface area contributed by atoms with Crippen LogP contribution in [0.2, 0.25) is 0 Å². The van der Waals surface area contributed by atoms with Gasteiger partial charge in [-0.3, -0.25) is 4.79 Å². The zero-order valence-electron chi connectivity index (χ0n) is 10.4. The number of hydrogen-bond acceptors (Lipinski definition) is 7. The van der Waals surface area contributed by atoms with Crippen molar-refractivity contribution in [3.63, 3.8) is 0 Å². The molecule has 0 aliphatic heterocycles. The number of carbonyl (C=O) groups excluding carboxylic acids is 1. The number of aliphatic hydroxyl groups excluding tert-OH is 5. The summed E-state index contributed by atoms with van der Waals surface area (Å²) in [5.74, 6) is -1.14. The average molecular weight is 287 g/mol. The van der Waals surface area contributed by atoms with Crippen molar-refractivity contribution < 1.29 is 35.4 Å². The van der Waals surface area contributed by atoms with Crippen LogP contribution in [0, 0.1) is 0 Å². The molecule has 0 fully saturated rings. The van der Waals surface area contributed by atoms with Crippen LogP contribution in [0.25, 0.3) is 0 Å². The fourth-order valence-electron chi connectivity index (χ4n) is 1.48. The molecular weight excluding hydrogens is 270 g/mol. The quantitative estimate of drug-likeness (QED) is 0.313. The minimum absolute atomic E-state index is 0.103. The fourth-order valence-corrected chi connectivity index (χ4v) is 1.48. The maximum atomic E-state index is 11.6. The van der Waals surface area contributed by atoms with E-state index in [1.807, 2.05) is 0 Å². The number of carbonyl (C=O) groups is 1. The lowest BCUT2D eigenvalue weighted by molar-refractivity contribution is -0.144. The third-order valence-corrected chi connectivity index (χ3v) is 2.64. The Kier molecular flexibility index (Phi) is 5.86. The molecule has 1 amide bonds. The van der Waals surface area contributed by atoms with Crippen LogP contribution in [-0.2, 0) is 4.79 Å². The van der Waals surface area contributed by atoms with E-state index in [4.69, 9.17) is 10.2 Å². The number of phenols is 1. The standard InChI is InChI=1S/C12H17NO7/c14-5-8(16)9(17)10(18)11(19)12(20)13-6-2-1-3-7(15)4-6/h1-4,8-11,14-19H,5H2,(H,13,20)/t8-,9-,10+,11+/m1/s1. The number of phenolic OH excluding ortho intramolecular Hbond substituents is 1. The summed E-state index contributed by atoms with van der Waals surface area (Å²) in [6.07, 6.45) is -7.57. The van der Waals surface area contributed by atoms with E-state index >= 15 is 0 Å². The number of hydrogen-bond donors (Lipinski definition) is 7. The zero-order valence-corrected chi connectivity index (χ0v) is 10.4. The van der Waals surface area contributed by atoms with Gasteiger partial charge >= 0.3 is 0 Å². The van der Waals surface area contributed by atoms with Gasteiger partial charge in [0.1, 0.15) is 24.1 Å². The Bertz CT molecular complexity index is 453. The monoisotopic (exact) mass is 287 g/mol. The summed E-state index contributed by atoms with van der Waals surface area (Å²) < 4.78 is 0. The highest BCUT2D eigenvalue weighted by atomic mass is 16.4. The van der Waals surface area contributed by atoms with Crippen LogP contribution in [0.5, 0.6) is 5.75 Å². The molecule has 112 valence electrons. The average Bonchev–Trinajstić information content (AvgIpc) is 2.43. The molecule has 1 aromatic carbocycles. The first-order valence-corrected chi connectivity index (χ1v) is 5.80. The van der Waals surface area contributed by atoms with Crippen LogP contribution >= 0.6 is 0 Å². The Labute approximate surface area is 114 Å². The van der Waals surface area contributed by atoms with Crippen molar-refractivity contribution in [1.29, 1.82) is 0 Å². The molecule has 20 heavy (non-hydrogen) atoms. The molecule has 8 nitrogen and oxygen atoms in total. The van der Waals surface area contributed by atoms with Crippen LogP contribution in [0.15, 0.2) is 24.3 Å². The molecule has 0 radical (unpaired) electrons. The highest BCUT2D eigenvalue weighted by molar-refractivity contribution is 5.94. The SMILES string of the molecule is O=C(Nc1cccc(O)c1)[C@@H](O)[C@@H](O)[C@H](O)[C@H](O)CO. The number of benzene rings is 1. The summed E-state index contributed by atoms with van der Waals surface area (Å²) in [5.41, 5.74) is 0.179. The van der Waals surface area contributed by atoms with E-state index in [9.17, 15) is 25.2 Å². The molecular formula is C12H17NO7. The lowest BCUT2D eigenvalue weighted by atomic mass is 10.0. The van der Waals surface area contributed by atoms with Gasteiger partial charge in [-0.05, 0) is 12.1 Å². The molecule has 0 aliphatic rings. The number of aliphatic hydroxyl groups is 5. The number of aromatic hydroxyl groups is 1. The summed E-state index contributed by atoms with van der Waals surface area (Å²) in [4.78, 5) is 11.6. The highest BCUT2D eigenvalue weighted by Gasteiger charge is 2.34. The largest absolute Gasteiger partial charge is 0.508 e. The lowest BCUT2D eigenvalue weighted by Gasteiger charge is -2.24. The normalized spacial score (nSPS) is 17.1. The number of nitrogens with one attached hydrogen (secondary N) is 1. The Morgan fingerprint density at radius 3 is 2.35 bits per heavy atom. The van der Waals surface area contributed by atoms with Crippen LogP contribution in [-0.4, -0.2) is 67.6 Å². The van der Waals surface area contributed by atoms with Crippen molar-refractivity contribution in [2.75, 3.05) is 11.9 Å². The Hall–Kier alpha value is -1.71. The van der Waals surface area contributed by atoms with E-state index < -0.39 is 36.9 Å². The molecule has 0 saturated heterocycles. The van der Waals surface area contributed by atoms with Gasteiger partial charge in [-0.2, -0.15) is 0 Å². The minimum atomic E-state index is -2.02. The summed E-state index contributed by atoms with van der Waals surface area (Å²) in [6, 6.07) is 5.49. The van der Waals surface area contributed by atoms with Crippen LogP contribution < -0.4 is 5.32 Å². The lowest BCUT2D eigenvalue weighted by Crippen LogP contribution is -2.50. The molecule has 1 rings (SSSR count). The van der Waals surface area contributed by atoms with Gasteiger partial charge in [-0.1, -0.05) is 6.07 Å². The topological polar surface area (TPSA) is 150 Å². The van der Waals surface area contributed by atoms with Gasteiger partial charge in [0, 0.05) is 11.8 Å². The summed E-state index contributed by atoms with van der Waals surface area (Å²) in [7, 11) is 0. The first-order chi connectivity index (χ1) is 9.36. The van der Waals surface area contributed by atoms with E-state index in [1.54, 1.807) is 0 Å². The van der Waals surface area contributed by atoms with Gasteiger partial charge in [0.2, 0.25) is 0 Å². The van der Waals surface area contributed by atoms with Gasteiger partial charge < -0.3 is 36.0 Å². The van der Waals surface area contributed by atoms with Crippen LogP contribution in [0.4, 0.5) is 5.69 Å². The van der Waals surface area contributed by atoms with E-state index in [0.717, 1.165) is 0 Å². The molecule has 0 aromatic heterocycles. The molecule has 0 bridgehead atoms. The number of anilines is 1. The van der Waals surface area contributed by atoms with E-state index in [0.29, 0.717) is 0 Å². The number of amides is 1. The minimum Gasteiger partial charge on any atom is -0.508 e. The third kappa shape index (κ3) is 4.15. The summed E-state index contributed by atoms with van der Waals surface area (Å²) in [6.45, 7) is -0.834. The van der Waals surface area contributed by atoms with Crippen molar-refractivity contribution in [2.45, 2.75) is 24.4 Å². The van der Waals surface area contributed by atoms with Gasteiger partial charge in [0.05, 0.1) is 6.61 Å². The van der Waals surface area contributed by atoms with Crippen LogP contribution in [0.3, 0.4) is 0 Å². The second kappa shape index (κ2) is 7.17. The van der Waals surface area contributed by atoms with Gasteiger partial charge in [0.15, 0.2) is 6.10 Å². The second-order valence-electron chi connectivity index (χ2n) is 4.22. The molecule has 0 aliphatic carbocycles. The molecule has 0 saturated carbocycles. The van der Waals surface area contributed by atoms with Crippen molar-refractivity contribution in [2.24, 2.45) is 0 Å². The predicted molar refractivity (Wildman–Crippen MR) is 67.8 cm³/mol. The van der Waals surface area contributed by atoms with Gasteiger partial charge in [-0.25, -0.2) is 0 Å². The van der Waals surface area contributed by atoms with Crippen molar-refractivity contribution in [3.05, 3.63) is 24.3 Å². The van der Waals surface area contributed by atoms with Gasteiger partial charge in [-0.15, -0.1) is 0 Å². The van der Waals surface area contributed by atoms with Crippen molar-refractivity contribution in [3.8, 4) is 5.75 Å². The molecule has 0 unspecified atom stereocenters. The van der Waals surface area contributed by atoms with E-state index in [-0.39, 0.29) is 11.4 Å². The smallest absolute Gasteiger partial charge is 0.256 e. The first-order valence-electron chi connectivity index (χ1n) is 5.80. The molecule has 7 N–H and O–H groups in total. The summed E-state index contributed by atoms with van der Waals surface area (Å²) in [5, 5.41) is 57.6. The third-order valence-electron chi connectivity index (χ3n) is 2.64. The maximum Gasteiger partial charge on any atom is 0.256 e. The fraction of sp³-hybridized carbons (Fsp3) is 0.417. The highest BCUT2D eigenvalue weighted by Crippen LogP contribution is 2.16. The second-order valence-corrected chi connectivity index (χ2v) is 4.22. The van der Waals surface area contributed by atoms with Crippen molar-refractivity contribution in [1.82, 2.24) is 0 Å². The molecule has 0 spiro atoms. The van der Waals surface area contributed by atoms with Gasteiger partial charge in [0.25, 0.3) is 5.91 Å². The molecule has 8 heteroatoms. The molecule has 4 atom stereocenters. The van der Waals surface area contributed by atoms with E-state index in [2.05, 4.69) is 5.32 Å². The number of rotatable bonds is 6. The van der Waals surface area contributed by atoms with Crippen molar-refractivity contribution >= 4 is 11.6 Å². The Morgan fingerprint density at radius 2 is 1.80 bits per heavy atom. The summed E-state index contributed by atoms with van der Waals surface area (Å²) >= 11 is 0. The molecule has 1 aromatic rings. The van der Waals surface area contributed by atoms with E-state index in [1.165, 1.54) is 24.3 Å². The molecule has 0 heterocycles. The Morgan fingerprint density at radius 1 is 1.15 bits per heavy atom. The maximum absolute atomic E-state index is 11.6.